The fraction of sp³-hybridized carbons (Fsp3) is 0.143. The number of nitrogens with one attached hydrogen (secondary N) is 2. The van der Waals surface area contributed by atoms with Gasteiger partial charge in [-0.25, -0.2) is 9.97 Å². The Kier molecular flexibility index (Phi) is 3.57. The lowest BCUT2D eigenvalue weighted by Crippen LogP contribution is -2.26. The van der Waals surface area contributed by atoms with Crippen LogP contribution in [0.3, 0.4) is 0 Å². The Morgan fingerprint density at radius 2 is 2.23 bits per heavy atom. The predicted molar refractivity (Wildman–Crippen MR) is 75.4 cm³/mol. The minimum absolute atomic E-state index is 0.000286. The van der Waals surface area contributed by atoms with Gasteiger partial charge in [-0.05, 0) is 17.7 Å². The SMILES string of the molecule is O=C1COc2ccc(CNC(=O)c3cc(O)ncn3)cc2N1. The molecule has 1 aromatic carbocycles. The molecule has 0 unspecified atom stereocenters. The van der Waals surface area contributed by atoms with E-state index in [2.05, 4.69) is 20.6 Å². The molecule has 8 heteroatoms. The van der Waals surface area contributed by atoms with Crippen molar-refractivity contribution in [1.29, 1.82) is 0 Å². The lowest BCUT2D eigenvalue weighted by Gasteiger charge is -2.18. The highest BCUT2D eigenvalue weighted by molar-refractivity contribution is 5.95. The van der Waals surface area contributed by atoms with Crippen molar-refractivity contribution in [3.63, 3.8) is 0 Å². The summed E-state index contributed by atoms with van der Waals surface area (Å²) in [6.07, 6.45) is 1.11. The molecule has 22 heavy (non-hydrogen) atoms. The highest BCUT2D eigenvalue weighted by atomic mass is 16.5. The van der Waals surface area contributed by atoms with E-state index in [-0.39, 0.29) is 30.6 Å². The molecule has 0 bridgehead atoms. The smallest absolute Gasteiger partial charge is 0.270 e. The molecule has 0 saturated carbocycles. The average molecular weight is 300 g/mol. The maximum atomic E-state index is 11.9. The Morgan fingerprint density at radius 3 is 3.05 bits per heavy atom. The Labute approximate surface area is 125 Å². The molecule has 112 valence electrons. The third-order valence-electron chi connectivity index (χ3n) is 3.02. The number of ether oxygens (including phenoxy) is 1. The van der Waals surface area contributed by atoms with Crippen LogP contribution in [0.5, 0.6) is 11.6 Å². The highest BCUT2D eigenvalue weighted by Gasteiger charge is 2.16. The van der Waals surface area contributed by atoms with E-state index in [1.807, 2.05) is 0 Å². The normalized spacial score (nSPS) is 12.8. The molecule has 1 aliphatic rings. The number of rotatable bonds is 3. The van der Waals surface area contributed by atoms with Crippen molar-refractivity contribution in [2.75, 3.05) is 11.9 Å². The molecule has 2 heterocycles. The highest BCUT2D eigenvalue weighted by Crippen LogP contribution is 2.28. The molecular formula is C14H12N4O4. The minimum Gasteiger partial charge on any atom is -0.493 e. The summed E-state index contributed by atoms with van der Waals surface area (Å²) in [5.74, 6) is -0.329. The topological polar surface area (TPSA) is 113 Å². The largest absolute Gasteiger partial charge is 0.493 e. The third kappa shape index (κ3) is 2.95. The first-order valence-electron chi connectivity index (χ1n) is 6.46. The number of hydrogen-bond donors (Lipinski definition) is 3. The zero-order valence-corrected chi connectivity index (χ0v) is 11.4. The van der Waals surface area contributed by atoms with Gasteiger partial charge in [0.25, 0.3) is 11.8 Å². The van der Waals surface area contributed by atoms with Gasteiger partial charge in [0, 0.05) is 12.6 Å². The Bertz CT molecular complexity index is 747. The van der Waals surface area contributed by atoms with Gasteiger partial charge in [-0.2, -0.15) is 0 Å². The van der Waals surface area contributed by atoms with Crippen molar-refractivity contribution in [2.45, 2.75) is 6.54 Å². The van der Waals surface area contributed by atoms with Crippen molar-refractivity contribution in [3.8, 4) is 11.6 Å². The molecule has 0 radical (unpaired) electrons. The quantitative estimate of drug-likeness (QED) is 0.758. The van der Waals surface area contributed by atoms with Gasteiger partial charge in [0.2, 0.25) is 5.88 Å². The summed E-state index contributed by atoms with van der Waals surface area (Å²) in [7, 11) is 0. The van der Waals surface area contributed by atoms with Gasteiger partial charge in [0.15, 0.2) is 6.61 Å². The summed E-state index contributed by atoms with van der Waals surface area (Å²) in [5.41, 5.74) is 1.43. The summed E-state index contributed by atoms with van der Waals surface area (Å²) in [6.45, 7) is 0.243. The van der Waals surface area contributed by atoms with Gasteiger partial charge in [-0.1, -0.05) is 6.07 Å². The van der Waals surface area contributed by atoms with E-state index in [1.54, 1.807) is 18.2 Å². The van der Waals surface area contributed by atoms with Gasteiger partial charge >= 0.3 is 0 Å². The van der Waals surface area contributed by atoms with Crippen LogP contribution in [0.15, 0.2) is 30.6 Å². The molecule has 0 atom stereocenters. The average Bonchev–Trinajstić information content (AvgIpc) is 2.52. The standard InChI is InChI=1S/C14H12N4O4/c19-12-4-10(16-7-17-12)14(21)15-5-8-1-2-11-9(3-8)18-13(20)6-22-11/h1-4,7H,5-6H2,(H,15,21)(H,18,20)(H,16,17,19). The fourth-order valence-corrected chi connectivity index (χ4v) is 1.98. The van der Waals surface area contributed by atoms with E-state index in [0.29, 0.717) is 11.4 Å². The number of nitrogens with zero attached hydrogens (tertiary/aromatic N) is 2. The number of amides is 2. The van der Waals surface area contributed by atoms with Gasteiger partial charge < -0.3 is 20.5 Å². The van der Waals surface area contributed by atoms with Crippen molar-refractivity contribution in [3.05, 3.63) is 41.9 Å². The van der Waals surface area contributed by atoms with Gasteiger partial charge in [-0.3, -0.25) is 9.59 Å². The molecule has 0 spiro atoms. The van der Waals surface area contributed by atoms with E-state index in [0.717, 1.165) is 11.9 Å². The Balaban J connectivity index is 1.68. The van der Waals surface area contributed by atoms with Crippen LogP contribution in [-0.4, -0.2) is 33.5 Å². The molecule has 2 aromatic rings. The lowest BCUT2D eigenvalue weighted by molar-refractivity contribution is -0.118. The molecule has 8 nitrogen and oxygen atoms in total. The van der Waals surface area contributed by atoms with E-state index in [4.69, 9.17) is 4.74 Å². The maximum Gasteiger partial charge on any atom is 0.270 e. The number of carbonyl (C=O) groups is 2. The number of fused-ring (bicyclic) bond motifs is 1. The second-order valence-corrected chi connectivity index (χ2v) is 4.61. The molecule has 0 fully saturated rings. The number of anilines is 1. The van der Waals surface area contributed by atoms with Crippen LogP contribution in [0.4, 0.5) is 5.69 Å². The van der Waals surface area contributed by atoms with Crippen LogP contribution in [0.2, 0.25) is 0 Å². The van der Waals surface area contributed by atoms with E-state index in [1.165, 1.54) is 6.07 Å². The second-order valence-electron chi connectivity index (χ2n) is 4.61. The predicted octanol–water partition coefficient (Wildman–Crippen LogP) is 0.443. The fourth-order valence-electron chi connectivity index (χ4n) is 1.98. The molecule has 0 aliphatic carbocycles. The Hall–Kier alpha value is -3.16. The first kappa shape index (κ1) is 13.8. The molecule has 1 aliphatic heterocycles. The number of benzene rings is 1. The van der Waals surface area contributed by atoms with Crippen LogP contribution in [0.1, 0.15) is 16.1 Å². The zero-order valence-electron chi connectivity index (χ0n) is 11.4. The molecule has 3 N–H and O–H groups in total. The second kappa shape index (κ2) is 5.68. The van der Waals surface area contributed by atoms with Gasteiger partial charge in [-0.15, -0.1) is 0 Å². The molecule has 2 amide bonds. The summed E-state index contributed by atoms with van der Waals surface area (Å²) in [5, 5.41) is 14.6. The maximum absolute atomic E-state index is 11.9. The monoisotopic (exact) mass is 300 g/mol. The molecular weight excluding hydrogens is 288 g/mol. The van der Waals surface area contributed by atoms with Gasteiger partial charge in [0.05, 0.1) is 5.69 Å². The first-order valence-corrected chi connectivity index (χ1v) is 6.46. The van der Waals surface area contributed by atoms with Crippen molar-refractivity contribution >= 4 is 17.5 Å². The molecule has 0 saturated heterocycles. The summed E-state index contributed by atoms with van der Waals surface area (Å²) < 4.78 is 5.25. The van der Waals surface area contributed by atoms with E-state index < -0.39 is 5.91 Å². The van der Waals surface area contributed by atoms with E-state index in [9.17, 15) is 14.7 Å². The van der Waals surface area contributed by atoms with Gasteiger partial charge in [0.1, 0.15) is 17.8 Å². The minimum atomic E-state index is -0.435. The third-order valence-corrected chi connectivity index (χ3v) is 3.02. The summed E-state index contributed by atoms with van der Waals surface area (Å²) in [4.78, 5) is 30.5. The van der Waals surface area contributed by atoms with Crippen LogP contribution < -0.4 is 15.4 Å². The number of aromatic hydroxyl groups is 1. The number of hydrogen-bond acceptors (Lipinski definition) is 6. The van der Waals surface area contributed by atoms with Crippen LogP contribution in [0.25, 0.3) is 0 Å². The van der Waals surface area contributed by atoms with Crippen LogP contribution >= 0.6 is 0 Å². The molecule has 1 aromatic heterocycles. The van der Waals surface area contributed by atoms with Crippen molar-refractivity contribution in [2.24, 2.45) is 0 Å². The molecule has 3 rings (SSSR count). The van der Waals surface area contributed by atoms with Crippen molar-refractivity contribution in [1.82, 2.24) is 15.3 Å². The number of aromatic nitrogens is 2. The van der Waals surface area contributed by atoms with Crippen LogP contribution in [0, 0.1) is 0 Å². The Morgan fingerprint density at radius 1 is 1.36 bits per heavy atom. The lowest BCUT2D eigenvalue weighted by atomic mass is 10.1. The number of carbonyl (C=O) groups excluding carboxylic acids is 2. The summed E-state index contributed by atoms with van der Waals surface area (Å²) >= 11 is 0. The first-order chi connectivity index (χ1) is 10.6. The van der Waals surface area contributed by atoms with E-state index >= 15 is 0 Å². The van der Waals surface area contributed by atoms with Crippen molar-refractivity contribution < 1.29 is 19.4 Å². The van der Waals surface area contributed by atoms with Crippen LogP contribution in [-0.2, 0) is 11.3 Å². The zero-order chi connectivity index (χ0) is 15.5. The summed E-state index contributed by atoms with van der Waals surface area (Å²) in [6, 6.07) is 6.42.